The molecule has 3 aliphatic rings. The minimum atomic E-state index is -0.449. The van der Waals surface area contributed by atoms with Gasteiger partial charge in [0.25, 0.3) is 0 Å². The molecule has 3 aliphatic heterocycles. The van der Waals surface area contributed by atoms with Crippen LogP contribution in [0, 0.1) is 20.8 Å². The summed E-state index contributed by atoms with van der Waals surface area (Å²) in [5, 5.41) is 0.659. The first kappa shape index (κ1) is 22.4. The summed E-state index contributed by atoms with van der Waals surface area (Å²) >= 11 is 6.40. The van der Waals surface area contributed by atoms with E-state index in [4.69, 9.17) is 26.3 Å². The predicted molar refractivity (Wildman–Crippen MR) is 131 cm³/mol. The second kappa shape index (κ2) is 8.44. The summed E-state index contributed by atoms with van der Waals surface area (Å²) in [4.78, 5) is 29.5. The number of likely N-dealkylation sites (N-methyl/N-ethyl adjacent to an activating group) is 1. The van der Waals surface area contributed by atoms with Crippen LogP contribution >= 0.6 is 11.6 Å². The van der Waals surface area contributed by atoms with Crippen LogP contribution in [0.2, 0.25) is 5.02 Å². The highest BCUT2D eigenvalue weighted by atomic mass is 35.5. The van der Waals surface area contributed by atoms with Crippen molar-refractivity contribution in [1.82, 2.24) is 14.9 Å². The van der Waals surface area contributed by atoms with Crippen LogP contribution in [0.25, 0.3) is 0 Å². The van der Waals surface area contributed by atoms with Crippen LogP contribution in [0.3, 0.4) is 0 Å². The molecule has 176 valence electrons. The molecule has 0 atom stereocenters. The lowest BCUT2D eigenvalue weighted by molar-refractivity contribution is 0.0229. The molecule has 1 aromatic heterocycles. The van der Waals surface area contributed by atoms with Gasteiger partial charge in [-0.3, -0.25) is 4.79 Å². The van der Waals surface area contributed by atoms with Gasteiger partial charge in [0.05, 0.1) is 12.0 Å². The average Bonchev–Trinajstić information content (AvgIpc) is 2.77. The molecule has 0 N–H and O–H groups in total. The number of hydrogen-bond donors (Lipinski definition) is 0. The molecule has 7 nitrogen and oxygen atoms in total. The average molecular weight is 470 g/mol. The normalized spacial score (nSPS) is 20.7. The van der Waals surface area contributed by atoms with E-state index in [-0.39, 0.29) is 5.78 Å². The number of ketones is 1. The highest BCUT2D eigenvalue weighted by Crippen LogP contribution is 2.43. The number of ether oxygens (including phenoxy) is 1. The van der Waals surface area contributed by atoms with E-state index in [0.717, 1.165) is 80.7 Å². The second-order valence-electron chi connectivity index (χ2n) is 9.80. The summed E-state index contributed by atoms with van der Waals surface area (Å²) in [5.74, 6) is 3.59. The number of nitrogens with zero attached hydrogens (tertiary/aromatic N) is 5. The number of fused-ring (bicyclic) bond motifs is 1. The minimum absolute atomic E-state index is 0.138. The van der Waals surface area contributed by atoms with E-state index in [1.807, 2.05) is 26.8 Å². The van der Waals surface area contributed by atoms with Crippen molar-refractivity contribution in [3.8, 4) is 5.75 Å². The van der Waals surface area contributed by atoms with Crippen molar-refractivity contribution in [1.29, 1.82) is 0 Å². The lowest BCUT2D eigenvalue weighted by atomic mass is 9.81. The van der Waals surface area contributed by atoms with E-state index in [9.17, 15) is 4.79 Å². The SMILES string of the molecule is Cc1nc(N2CCN(C)CC2)cc(N2CCC3(CC2)CC(=O)c2c(cc(C)c(Cl)c2C)O3)n1. The Labute approximate surface area is 200 Å². The first-order chi connectivity index (χ1) is 15.7. The number of carbonyl (C=O) groups excluding carboxylic acids is 1. The van der Waals surface area contributed by atoms with E-state index in [1.54, 1.807) is 0 Å². The van der Waals surface area contributed by atoms with Crippen molar-refractivity contribution in [2.24, 2.45) is 0 Å². The van der Waals surface area contributed by atoms with Crippen molar-refractivity contribution in [3.05, 3.63) is 39.7 Å². The Morgan fingerprint density at radius 3 is 2.18 bits per heavy atom. The number of piperidine rings is 1. The highest BCUT2D eigenvalue weighted by molar-refractivity contribution is 6.32. The minimum Gasteiger partial charge on any atom is -0.486 e. The van der Waals surface area contributed by atoms with Gasteiger partial charge < -0.3 is 19.4 Å². The lowest BCUT2D eigenvalue weighted by Crippen LogP contribution is -2.51. The number of rotatable bonds is 2. The number of halogens is 1. The van der Waals surface area contributed by atoms with E-state index in [0.29, 0.717) is 22.8 Å². The first-order valence-corrected chi connectivity index (χ1v) is 12.2. The van der Waals surface area contributed by atoms with E-state index in [2.05, 4.69) is 27.8 Å². The fraction of sp³-hybridized carbons (Fsp3) is 0.560. The Hall–Kier alpha value is -2.38. The molecule has 0 saturated carbocycles. The van der Waals surface area contributed by atoms with Crippen LogP contribution in [-0.2, 0) is 0 Å². The van der Waals surface area contributed by atoms with Crippen LogP contribution in [-0.4, -0.2) is 72.6 Å². The van der Waals surface area contributed by atoms with Gasteiger partial charge in [0.15, 0.2) is 5.78 Å². The molecule has 33 heavy (non-hydrogen) atoms. The van der Waals surface area contributed by atoms with Gasteiger partial charge in [0.2, 0.25) is 0 Å². The molecule has 1 spiro atoms. The maximum Gasteiger partial charge on any atom is 0.170 e. The molecule has 8 heteroatoms. The molecule has 5 rings (SSSR count). The van der Waals surface area contributed by atoms with Crippen LogP contribution < -0.4 is 14.5 Å². The molecule has 0 unspecified atom stereocenters. The van der Waals surface area contributed by atoms with Gasteiger partial charge in [-0.25, -0.2) is 9.97 Å². The summed E-state index contributed by atoms with van der Waals surface area (Å²) in [7, 11) is 2.16. The summed E-state index contributed by atoms with van der Waals surface area (Å²) in [6.07, 6.45) is 1.97. The maximum atomic E-state index is 13.1. The zero-order chi connectivity index (χ0) is 23.3. The number of benzene rings is 1. The Kier molecular flexibility index (Phi) is 5.73. The molecule has 0 radical (unpaired) electrons. The topological polar surface area (TPSA) is 61.8 Å². The molecular formula is C25H32ClN5O2. The number of aromatic nitrogens is 2. The smallest absolute Gasteiger partial charge is 0.170 e. The summed E-state index contributed by atoms with van der Waals surface area (Å²) in [5.41, 5.74) is 1.98. The second-order valence-corrected chi connectivity index (χ2v) is 10.2. The predicted octanol–water partition coefficient (Wildman–Crippen LogP) is 3.81. The summed E-state index contributed by atoms with van der Waals surface area (Å²) in [6, 6.07) is 4.04. The van der Waals surface area contributed by atoms with Gasteiger partial charge in [0.1, 0.15) is 28.8 Å². The van der Waals surface area contributed by atoms with Crippen LogP contribution in [0.4, 0.5) is 11.6 Å². The number of aryl methyl sites for hydroxylation is 2. The standard InChI is InChI=1S/C25H32ClN5O2/c1-16-13-20-23(17(2)24(16)26)19(32)15-25(33-20)5-7-30(8-6-25)21-14-22(28-18(3)27-21)31-11-9-29(4)10-12-31/h13-14H,5-12,15H2,1-4H3. The molecule has 0 amide bonds. The fourth-order valence-electron chi connectivity index (χ4n) is 5.32. The Morgan fingerprint density at radius 1 is 0.939 bits per heavy atom. The third kappa shape index (κ3) is 4.17. The van der Waals surface area contributed by atoms with Gasteiger partial charge in [-0.05, 0) is 45.0 Å². The lowest BCUT2D eigenvalue weighted by Gasteiger charge is -2.44. The van der Waals surface area contributed by atoms with Crippen molar-refractivity contribution < 1.29 is 9.53 Å². The molecule has 0 aliphatic carbocycles. The third-order valence-electron chi connectivity index (χ3n) is 7.37. The van der Waals surface area contributed by atoms with Crippen molar-refractivity contribution in [2.45, 2.75) is 45.6 Å². The van der Waals surface area contributed by atoms with Gasteiger partial charge >= 0.3 is 0 Å². The van der Waals surface area contributed by atoms with Gasteiger partial charge in [-0.15, -0.1) is 0 Å². The molecular weight excluding hydrogens is 438 g/mol. The molecule has 2 aromatic rings. The number of hydrogen-bond acceptors (Lipinski definition) is 7. The summed E-state index contributed by atoms with van der Waals surface area (Å²) in [6.45, 7) is 11.5. The Balaban J connectivity index is 1.33. The Bertz CT molecular complexity index is 1090. The van der Waals surface area contributed by atoms with Crippen molar-refractivity contribution >= 4 is 29.0 Å². The van der Waals surface area contributed by atoms with Gasteiger partial charge in [-0.1, -0.05) is 11.6 Å². The van der Waals surface area contributed by atoms with Gasteiger partial charge in [0, 0.05) is 63.2 Å². The van der Waals surface area contributed by atoms with Crippen LogP contribution in [0.15, 0.2) is 12.1 Å². The van der Waals surface area contributed by atoms with Crippen molar-refractivity contribution in [3.63, 3.8) is 0 Å². The summed E-state index contributed by atoms with van der Waals surface area (Å²) < 4.78 is 6.53. The number of piperazine rings is 1. The number of anilines is 2. The van der Waals surface area contributed by atoms with E-state index in [1.165, 1.54) is 0 Å². The molecule has 4 heterocycles. The maximum absolute atomic E-state index is 13.1. The quantitative estimate of drug-likeness (QED) is 0.662. The first-order valence-electron chi connectivity index (χ1n) is 11.8. The third-order valence-corrected chi connectivity index (χ3v) is 7.95. The van der Waals surface area contributed by atoms with Crippen LogP contribution in [0.5, 0.6) is 5.75 Å². The van der Waals surface area contributed by atoms with E-state index < -0.39 is 5.60 Å². The largest absolute Gasteiger partial charge is 0.486 e. The Morgan fingerprint density at radius 2 is 1.55 bits per heavy atom. The number of Topliss-reactive ketones (excluding diaryl/α,β-unsaturated/α-hetero) is 1. The highest BCUT2D eigenvalue weighted by Gasteiger charge is 2.44. The molecule has 2 fully saturated rings. The monoisotopic (exact) mass is 469 g/mol. The zero-order valence-electron chi connectivity index (χ0n) is 19.9. The zero-order valence-corrected chi connectivity index (χ0v) is 20.7. The molecule has 1 aromatic carbocycles. The van der Waals surface area contributed by atoms with E-state index >= 15 is 0 Å². The molecule has 2 saturated heterocycles. The number of carbonyl (C=O) groups is 1. The van der Waals surface area contributed by atoms with Crippen LogP contribution in [0.1, 0.15) is 46.6 Å². The molecule has 0 bridgehead atoms. The van der Waals surface area contributed by atoms with Crippen molar-refractivity contribution in [2.75, 3.05) is 56.1 Å². The van der Waals surface area contributed by atoms with Gasteiger partial charge in [-0.2, -0.15) is 0 Å². The fourth-order valence-corrected chi connectivity index (χ4v) is 5.47.